The van der Waals surface area contributed by atoms with Crippen molar-refractivity contribution < 1.29 is 4.79 Å². The van der Waals surface area contributed by atoms with E-state index in [0.29, 0.717) is 11.7 Å². The molecule has 3 rings (SSSR count). The number of benzene rings is 1. The molecule has 2 aliphatic carbocycles. The Bertz CT molecular complexity index is 442. The zero-order valence-corrected chi connectivity index (χ0v) is 11.7. The highest BCUT2D eigenvalue weighted by Gasteiger charge is 2.57. The van der Waals surface area contributed by atoms with E-state index in [4.69, 9.17) is 0 Å². The normalized spacial score (nSPS) is 34.5. The van der Waals surface area contributed by atoms with Gasteiger partial charge in [-0.1, -0.05) is 31.0 Å². The van der Waals surface area contributed by atoms with Crippen LogP contribution in [0.2, 0.25) is 0 Å². The minimum absolute atomic E-state index is 0.228. The highest BCUT2D eigenvalue weighted by atomic mass is 32.2. The molecule has 2 aliphatic rings. The average molecular weight is 260 g/mol. The highest BCUT2D eigenvalue weighted by Crippen LogP contribution is 2.62. The molecule has 0 bridgehead atoms. The first-order valence-electron chi connectivity index (χ1n) is 6.97. The summed E-state index contributed by atoms with van der Waals surface area (Å²) in [5, 5.41) is 0. The minimum atomic E-state index is 0.228. The van der Waals surface area contributed by atoms with Gasteiger partial charge < -0.3 is 0 Å². The lowest BCUT2D eigenvalue weighted by Crippen LogP contribution is -2.57. The maximum atomic E-state index is 11.9. The second kappa shape index (κ2) is 4.73. The number of ketones is 1. The first-order valence-corrected chi connectivity index (χ1v) is 7.78. The fraction of sp³-hybridized carbons (Fsp3) is 0.562. The number of carbonyl (C=O) groups excluding carboxylic acids is 1. The van der Waals surface area contributed by atoms with E-state index in [1.165, 1.54) is 30.6 Å². The SMILES string of the molecule is CC(=O)[C@@H]1C[C@@H]2CCCC[C@@]21Sc1ccccc1. The summed E-state index contributed by atoms with van der Waals surface area (Å²) >= 11 is 1.98. The van der Waals surface area contributed by atoms with Gasteiger partial charge in [-0.05, 0) is 44.2 Å². The van der Waals surface area contributed by atoms with Gasteiger partial charge in [0.25, 0.3) is 0 Å². The highest BCUT2D eigenvalue weighted by molar-refractivity contribution is 8.00. The molecule has 96 valence electrons. The summed E-state index contributed by atoms with van der Waals surface area (Å²) in [6.45, 7) is 1.78. The molecule has 0 spiro atoms. The number of fused-ring (bicyclic) bond motifs is 1. The largest absolute Gasteiger partial charge is 0.300 e. The molecule has 0 aromatic heterocycles. The minimum Gasteiger partial charge on any atom is -0.300 e. The Morgan fingerprint density at radius 1 is 1.28 bits per heavy atom. The van der Waals surface area contributed by atoms with E-state index in [1.54, 1.807) is 6.92 Å². The second-order valence-corrected chi connectivity index (χ2v) is 7.15. The molecular weight excluding hydrogens is 240 g/mol. The fourth-order valence-electron chi connectivity index (χ4n) is 3.76. The fourth-order valence-corrected chi connectivity index (χ4v) is 5.53. The van der Waals surface area contributed by atoms with Gasteiger partial charge in [-0.2, -0.15) is 0 Å². The van der Waals surface area contributed by atoms with Crippen molar-refractivity contribution in [2.75, 3.05) is 0 Å². The van der Waals surface area contributed by atoms with Crippen molar-refractivity contribution >= 4 is 17.5 Å². The molecule has 3 atom stereocenters. The first kappa shape index (κ1) is 12.3. The van der Waals surface area contributed by atoms with Crippen molar-refractivity contribution in [1.29, 1.82) is 0 Å². The third-order valence-electron chi connectivity index (χ3n) is 4.71. The van der Waals surface area contributed by atoms with Crippen molar-refractivity contribution in [2.24, 2.45) is 11.8 Å². The molecule has 0 amide bonds. The Hall–Kier alpha value is -0.760. The van der Waals surface area contributed by atoms with Crippen molar-refractivity contribution in [3.8, 4) is 0 Å². The molecule has 1 nitrogen and oxygen atoms in total. The van der Waals surface area contributed by atoms with Crippen molar-refractivity contribution in [3.05, 3.63) is 30.3 Å². The molecule has 2 fully saturated rings. The number of Topliss-reactive ketones (excluding diaryl/α,β-unsaturated/α-hetero) is 1. The number of carbonyl (C=O) groups is 1. The third kappa shape index (κ3) is 1.91. The summed E-state index contributed by atoms with van der Waals surface area (Å²) in [4.78, 5) is 13.2. The van der Waals surface area contributed by atoms with Crippen LogP contribution in [0.3, 0.4) is 0 Å². The summed E-state index contributed by atoms with van der Waals surface area (Å²) in [7, 11) is 0. The summed E-state index contributed by atoms with van der Waals surface area (Å²) < 4.78 is 0.228. The lowest BCUT2D eigenvalue weighted by atomic mass is 9.56. The summed E-state index contributed by atoms with van der Waals surface area (Å²) in [5.74, 6) is 1.47. The van der Waals surface area contributed by atoms with Gasteiger partial charge in [-0.3, -0.25) is 4.79 Å². The average Bonchev–Trinajstić information content (AvgIpc) is 2.35. The number of rotatable bonds is 3. The van der Waals surface area contributed by atoms with Gasteiger partial charge in [-0.15, -0.1) is 11.8 Å². The van der Waals surface area contributed by atoms with Gasteiger partial charge in [-0.25, -0.2) is 0 Å². The van der Waals surface area contributed by atoms with Gasteiger partial charge in [0.2, 0.25) is 0 Å². The molecule has 18 heavy (non-hydrogen) atoms. The molecule has 2 saturated carbocycles. The van der Waals surface area contributed by atoms with Crippen molar-refractivity contribution in [1.82, 2.24) is 0 Å². The smallest absolute Gasteiger partial charge is 0.134 e. The Labute approximate surface area is 113 Å². The van der Waals surface area contributed by atoms with Crippen LogP contribution in [-0.2, 0) is 4.79 Å². The van der Waals surface area contributed by atoms with Crippen LogP contribution in [0.15, 0.2) is 35.2 Å². The van der Waals surface area contributed by atoms with Gasteiger partial charge in [0, 0.05) is 15.6 Å². The van der Waals surface area contributed by atoms with Crippen LogP contribution in [-0.4, -0.2) is 10.5 Å². The molecule has 0 radical (unpaired) electrons. The van der Waals surface area contributed by atoms with Crippen LogP contribution < -0.4 is 0 Å². The Balaban J connectivity index is 1.86. The third-order valence-corrected chi connectivity index (χ3v) is 6.42. The number of thioether (sulfide) groups is 1. The Morgan fingerprint density at radius 3 is 2.72 bits per heavy atom. The van der Waals surface area contributed by atoms with Crippen LogP contribution in [0.4, 0.5) is 0 Å². The predicted molar refractivity (Wildman–Crippen MR) is 75.8 cm³/mol. The first-order chi connectivity index (χ1) is 8.72. The molecular formula is C16H20OS. The Kier molecular flexibility index (Phi) is 3.23. The zero-order valence-electron chi connectivity index (χ0n) is 10.9. The molecule has 2 heteroatoms. The second-order valence-electron chi connectivity index (χ2n) is 5.71. The van der Waals surface area contributed by atoms with E-state index < -0.39 is 0 Å². The molecule has 0 N–H and O–H groups in total. The Morgan fingerprint density at radius 2 is 2.06 bits per heavy atom. The van der Waals surface area contributed by atoms with Crippen molar-refractivity contribution in [3.63, 3.8) is 0 Å². The topological polar surface area (TPSA) is 17.1 Å². The van der Waals surface area contributed by atoms with Crippen LogP contribution in [0, 0.1) is 11.8 Å². The summed E-state index contributed by atoms with van der Waals surface area (Å²) in [5.41, 5.74) is 0. The summed E-state index contributed by atoms with van der Waals surface area (Å²) in [6, 6.07) is 10.6. The zero-order chi connectivity index (χ0) is 12.6. The lowest BCUT2D eigenvalue weighted by Gasteiger charge is -2.57. The van der Waals surface area contributed by atoms with Crippen molar-refractivity contribution in [2.45, 2.75) is 48.7 Å². The van der Waals surface area contributed by atoms with Crippen LogP contribution in [0.1, 0.15) is 39.0 Å². The van der Waals surface area contributed by atoms with Gasteiger partial charge in [0.15, 0.2) is 0 Å². The van der Waals surface area contributed by atoms with Gasteiger partial charge in [0.05, 0.1) is 0 Å². The van der Waals surface area contributed by atoms with Crippen LogP contribution in [0.5, 0.6) is 0 Å². The van der Waals surface area contributed by atoms with E-state index in [2.05, 4.69) is 30.3 Å². The summed E-state index contributed by atoms with van der Waals surface area (Å²) in [6.07, 6.45) is 6.33. The monoisotopic (exact) mass is 260 g/mol. The number of hydrogen-bond donors (Lipinski definition) is 0. The van der Waals surface area contributed by atoms with Crippen LogP contribution in [0.25, 0.3) is 0 Å². The van der Waals surface area contributed by atoms with E-state index in [9.17, 15) is 4.79 Å². The number of hydrogen-bond acceptors (Lipinski definition) is 2. The van der Waals surface area contributed by atoms with E-state index in [0.717, 1.165) is 12.3 Å². The van der Waals surface area contributed by atoms with Crippen LogP contribution >= 0.6 is 11.8 Å². The molecule has 0 heterocycles. The lowest BCUT2D eigenvalue weighted by molar-refractivity contribution is -0.128. The maximum absolute atomic E-state index is 11.9. The predicted octanol–water partition coefficient (Wildman–Crippen LogP) is 4.32. The van der Waals surface area contributed by atoms with E-state index >= 15 is 0 Å². The standard InChI is InChI=1S/C16H20OS/c1-12(17)15-11-13-7-5-6-10-16(13,15)18-14-8-3-2-4-9-14/h2-4,8-9,13,15H,5-7,10-11H2,1H3/t13-,15-,16+/m0/s1. The molecule has 1 aromatic carbocycles. The van der Waals surface area contributed by atoms with Gasteiger partial charge >= 0.3 is 0 Å². The maximum Gasteiger partial charge on any atom is 0.134 e. The quantitative estimate of drug-likeness (QED) is 0.805. The molecule has 0 aliphatic heterocycles. The molecule has 0 saturated heterocycles. The van der Waals surface area contributed by atoms with E-state index in [1.807, 2.05) is 11.8 Å². The van der Waals surface area contributed by atoms with E-state index in [-0.39, 0.29) is 4.75 Å². The van der Waals surface area contributed by atoms with Gasteiger partial charge in [0.1, 0.15) is 5.78 Å². The molecule has 0 unspecified atom stereocenters. The molecule has 1 aromatic rings.